The van der Waals surface area contributed by atoms with E-state index in [1.165, 1.54) is 12.1 Å². The summed E-state index contributed by atoms with van der Waals surface area (Å²) in [6.45, 7) is 1.95. The van der Waals surface area contributed by atoms with Crippen LogP contribution >= 0.6 is 11.8 Å². The summed E-state index contributed by atoms with van der Waals surface area (Å²) >= 11 is 1.77. The Balaban J connectivity index is 1.47. The summed E-state index contributed by atoms with van der Waals surface area (Å²) in [6, 6.07) is 5.77. The van der Waals surface area contributed by atoms with Crippen LogP contribution in [0.5, 0.6) is 0 Å². The molecule has 5 nitrogen and oxygen atoms in total. The van der Waals surface area contributed by atoms with Crippen molar-refractivity contribution in [1.82, 2.24) is 15.5 Å². The first-order chi connectivity index (χ1) is 11.1. The maximum absolute atomic E-state index is 13.6. The molecule has 2 atom stereocenters. The Kier molecular flexibility index (Phi) is 5.17. The third kappa shape index (κ3) is 3.84. The number of nitrogens with one attached hydrogen (secondary N) is 2. The number of carbonyl (C=O) groups is 2. The van der Waals surface area contributed by atoms with Crippen molar-refractivity contribution in [2.24, 2.45) is 5.92 Å². The third-order valence-electron chi connectivity index (χ3n) is 4.25. The first-order valence-corrected chi connectivity index (χ1v) is 8.93. The molecular weight excluding hydrogens is 317 g/mol. The van der Waals surface area contributed by atoms with Gasteiger partial charge in [0, 0.05) is 25.4 Å². The van der Waals surface area contributed by atoms with Gasteiger partial charge in [-0.15, -0.1) is 11.8 Å². The van der Waals surface area contributed by atoms with E-state index in [1.54, 1.807) is 23.9 Å². The number of benzene rings is 1. The SMILES string of the molecule is O=C(NCC1CNC(C(=O)N2CCSC2)C1)c1ccccc1F. The van der Waals surface area contributed by atoms with Crippen LogP contribution in [0.4, 0.5) is 4.39 Å². The molecule has 2 amide bonds. The van der Waals surface area contributed by atoms with Crippen molar-refractivity contribution in [2.45, 2.75) is 12.5 Å². The number of nitrogens with zero attached hydrogens (tertiary/aromatic N) is 1. The van der Waals surface area contributed by atoms with Crippen LogP contribution in [-0.2, 0) is 4.79 Å². The first kappa shape index (κ1) is 16.3. The summed E-state index contributed by atoms with van der Waals surface area (Å²) in [5, 5.41) is 6.00. The Morgan fingerprint density at radius 2 is 2.22 bits per heavy atom. The highest BCUT2D eigenvalue weighted by Gasteiger charge is 2.33. The van der Waals surface area contributed by atoms with Crippen molar-refractivity contribution in [3.63, 3.8) is 0 Å². The molecule has 0 aliphatic carbocycles. The van der Waals surface area contributed by atoms with Gasteiger partial charge in [-0.3, -0.25) is 9.59 Å². The van der Waals surface area contributed by atoms with Crippen LogP contribution in [0.15, 0.2) is 24.3 Å². The molecule has 2 saturated heterocycles. The highest BCUT2D eigenvalue weighted by molar-refractivity contribution is 7.99. The lowest BCUT2D eigenvalue weighted by molar-refractivity contribution is -0.131. The molecule has 0 spiro atoms. The lowest BCUT2D eigenvalue weighted by Crippen LogP contribution is -2.42. The molecule has 124 valence electrons. The molecule has 0 aromatic heterocycles. The van der Waals surface area contributed by atoms with E-state index in [0.717, 1.165) is 18.2 Å². The molecule has 2 aliphatic rings. The van der Waals surface area contributed by atoms with Crippen molar-refractivity contribution >= 4 is 23.6 Å². The maximum atomic E-state index is 13.6. The van der Waals surface area contributed by atoms with Crippen LogP contribution in [0.1, 0.15) is 16.8 Å². The normalized spacial score (nSPS) is 24.0. The number of amides is 2. The fraction of sp³-hybridized carbons (Fsp3) is 0.500. The highest BCUT2D eigenvalue weighted by atomic mass is 32.2. The highest BCUT2D eigenvalue weighted by Crippen LogP contribution is 2.20. The summed E-state index contributed by atoms with van der Waals surface area (Å²) in [5.74, 6) is 1.18. The number of hydrogen-bond acceptors (Lipinski definition) is 4. The van der Waals surface area contributed by atoms with Gasteiger partial charge in [0.05, 0.1) is 17.5 Å². The number of carbonyl (C=O) groups excluding carboxylic acids is 2. The molecule has 2 aliphatic heterocycles. The standard InChI is InChI=1S/C16H20FN3O2S/c17-13-4-2-1-3-12(13)15(21)19-9-11-7-14(18-8-11)16(22)20-5-6-23-10-20/h1-4,11,14,18H,5-10H2,(H,19,21). The van der Waals surface area contributed by atoms with Gasteiger partial charge in [0.2, 0.25) is 5.91 Å². The van der Waals surface area contributed by atoms with Gasteiger partial charge in [0.25, 0.3) is 5.91 Å². The summed E-state index contributed by atoms with van der Waals surface area (Å²) in [6.07, 6.45) is 0.706. The van der Waals surface area contributed by atoms with E-state index in [1.807, 2.05) is 4.90 Å². The van der Waals surface area contributed by atoms with Crippen LogP contribution in [0.3, 0.4) is 0 Å². The van der Waals surface area contributed by atoms with Crippen molar-refractivity contribution in [2.75, 3.05) is 31.3 Å². The minimum atomic E-state index is -0.519. The van der Waals surface area contributed by atoms with Gasteiger partial charge >= 0.3 is 0 Å². The van der Waals surface area contributed by atoms with E-state index < -0.39 is 11.7 Å². The molecule has 2 fully saturated rings. The molecule has 2 unspecified atom stereocenters. The predicted molar refractivity (Wildman–Crippen MR) is 87.7 cm³/mol. The van der Waals surface area contributed by atoms with E-state index in [2.05, 4.69) is 10.6 Å². The minimum absolute atomic E-state index is 0.0557. The van der Waals surface area contributed by atoms with Crippen LogP contribution in [-0.4, -0.2) is 54.0 Å². The van der Waals surface area contributed by atoms with Gasteiger partial charge in [0.15, 0.2) is 0 Å². The summed E-state index contributed by atoms with van der Waals surface area (Å²) in [7, 11) is 0. The van der Waals surface area contributed by atoms with E-state index in [-0.39, 0.29) is 23.4 Å². The number of rotatable bonds is 4. The van der Waals surface area contributed by atoms with Gasteiger partial charge in [0.1, 0.15) is 5.82 Å². The van der Waals surface area contributed by atoms with Gasteiger partial charge < -0.3 is 15.5 Å². The maximum Gasteiger partial charge on any atom is 0.254 e. The van der Waals surface area contributed by atoms with Gasteiger partial charge in [-0.2, -0.15) is 0 Å². The van der Waals surface area contributed by atoms with Gasteiger partial charge in [-0.25, -0.2) is 4.39 Å². The van der Waals surface area contributed by atoms with Crippen LogP contribution in [0.2, 0.25) is 0 Å². The zero-order valence-electron chi connectivity index (χ0n) is 12.8. The minimum Gasteiger partial charge on any atom is -0.352 e. The molecule has 1 aromatic rings. The summed E-state index contributed by atoms with van der Waals surface area (Å²) in [4.78, 5) is 26.2. The smallest absolute Gasteiger partial charge is 0.254 e. The lowest BCUT2D eigenvalue weighted by Gasteiger charge is -2.19. The van der Waals surface area contributed by atoms with Crippen molar-refractivity contribution < 1.29 is 14.0 Å². The second kappa shape index (κ2) is 7.31. The number of halogens is 1. The van der Waals surface area contributed by atoms with E-state index in [4.69, 9.17) is 0 Å². The molecule has 2 N–H and O–H groups in total. The lowest BCUT2D eigenvalue weighted by atomic mass is 10.0. The van der Waals surface area contributed by atoms with Gasteiger partial charge in [-0.1, -0.05) is 12.1 Å². The quantitative estimate of drug-likeness (QED) is 0.863. The molecule has 2 heterocycles. The molecule has 0 radical (unpaired) electrons. The number of hydrogen-bond donors (Lipinski definition) is 2. The average Bonchev–Trinajstić information content (AvgIpc) is 3.24. The molecule has 1 aromatic carbocycles. The molecule has 0 bridgehead atoms. The Bertz CT molecular complexity index is 592. The second-order valence-corrected chi connectivity index (χ2v) is 6.97. The average molecular weight is 337 g/mol. The monoisotopic (exact) mass is 337 g/mol. The van der Waals surface area contributed by atoms with E-state index in [9.17, 15) is 14.0 Å². The van der Waals surface area contributed by atoms with Crippen LogP contribution < -0.4 is 10.6 Å². The third-order valence-corrected chi connectivity index (χ3v) is 5.22. The topological polar surface area (TPSA) is 61.4 Å². The van der Waals surface area contributed by atoms with E-state index in [0.29, 0.717) is 19.5 Å². The molecule has 23 heavy (non-hydrogen) atoms. The predicted octanol–water partition coefficient (Wildman–Crippen LogP) is 1.07. The summed E-state index contributed by atoms with van der Waals surface area (Å²) < 4.78 is 13.6. The molecule has 3 rings (SSSR count). The summed E-state index contributed by atoms with van der Waals surface area (Å²) in [5.41, 5.74) is 0.0557. The van der Waals surface area contributed by atoms with Crippen molar-refractivity contribution in [3.8, 4) is 0 Å². The fourth-order valence-corrected chi connectivity index (χ4v) is 3.89. The Morgan fingerprint density at radius 1 is 1.39 bits per heavy atom. The Labute approximate surface area is 139 Å². The van der Waals surface area contributed by atoms with Crippen molar-refractivity contribution in [3.05, 3.63) is 35.6 Å². The Morgan fingerprint density at radius 3 is 2.96 bits per heavy atom. The van der Waals surface area contributed by atoms with E-state index >= 15 is 0 Å². The fourth-order valence-electron chi connectivity index (χ4n) is 2.94. The van der Waals surface area contributed by atoms with Crippen LogP contribution in [0, 0.1) is 11.7 Å². The zero-order chi connectivity index (χ0) is 16.2. The largest absolute Gasteiger partial charge is 0.352 e. The molecule has 7 heteroatoms. The first-order valence-electron chi connectivity index (χ1n) is 7.78. The Hall–Kier alpha value is -1.60. The zero-order valence-corrected chi connectivity index (χ0v) is 13.6. The second-order valence-electron chi connectivity index (χ2n) is 5.89. The number of thioether (sulfide) groups is 1. The molecular formula is C16H20FN3O2S. The van der Waals surface area contributed by atoms with Crippen molar-refractivity contribution in [1.29, 1.82) is 0 Å². The molecule has 0 saturated carbocycles. The van der Waals surface area contributed by atoms with Crippen LogP contribution in [0.25, 0.3) is 0 Å². The van der Waals surface area contributed by atoms with Gasteiger partial charge in [-0.05, 0) is 24.5 Å².